The van der Waals surface area contributed by atoms with E-state index >= 15 is 0 Å². The van der Waals surface area contributed by atoms with Gasteiger partial charge >= 0.3 is 0 Å². The minimum atomic E-state index is -0.390. The van der Waals surface area contributed by atoms with Gasteiger partial charge in [-0.05, 0) is 29.2 Å². The van der Waals surface area contributed by atoms with Crippen LogP contribution >= 0.6 is 0 Å². The predicted octanol–water partition coefficient (Wildman–Crippen LogP) is 3.66. The molecule has 2 amide bonds. The minimum absolute atomic E-state index is 0.0185. The summed E-state index contributed by atoms with van der Waals surface area (Å²) in [6.45, 7) is 6.33. The summed E-state index contributed by atoms with van der Waals surface area (Å²) >= 11 is 0. The van der Waals surface area contributed by atoms with Crippen LogP contribution in [0.3, 0.4) is 0 Å². The predicted molar refractivity (Wildman–Crippen MR) is 102 cm³/mol. The number of benzene rings is 2. The molecule has 138 valence electrons. The Kier molecular flexibility index (Phi) is 6.89. The van der Waals surface area contributed by atoms with E-state index in [2.05, 4.69) is 19.2 Å². The third kappa shape index (κ3) is 5.15. The zero-order valence-corrected chi connectivity index (χ0v) is 15.5. The normalized spacial score (nSPS) is 10.7. The molecule has 1 N–H and O–H groups in total. The number of nitrogens with one attached hydrogen (secondary N) is 1. The van der Waals surface area contributed by atoms with Crippen molar-refractivity contribution in [1.29, 1.82) is 0 Å². The molecule has 0 aliphatic rings. The molecule has 0 saturated heterocycles. The molecule has 0 atom stereocenters. The van der Waals surface area contributed by atoms with Crippen molar-refractivity contribution in [3.63, 3.8) is 0 Å². The van der Waals surface area contributed by atoms with Gasteiger partial charge in [-0.3, -0.25) is 9.59 Å². The van der Waals surface area contributed by atoms with E-state index < -0.39 is 0 Å². The molecule has 0 aromatic heterocycles. The molecule has 0 aliphatic heterocycles. The third-order valence-electron chi connectivity index (χ3n) is 4.20. The maximum Gasteiger partial charge on any atom is 0.224 e. The van der Waals surface area contributed by atoms with Gasteiger partial charge in [0.2, 0.25) is 11.8 Å². The van der Waals surface area contributed by atoms with E-state index in [1.165, 1.54) is 13.0 Å². The van der Waals surface area contributed by atoms with Gasteiger partial charge in [0, 0.05) is 25.7 Å². The zero-order chi connectivity index (χ0) is 19.1. The van der Waals surface area contributed by atoms with Crippen LogP contribution in [-0.2, 0) is 16.0 Å². The molecule has 2 aromatic carbocycles. The highest BCUT2D eigenvalue weighted by atomic mass is 19.1. The van der Waals surface area contributed by atoms with Crippen LogP contribution in [0.1, 0.15) is 37.8 Å². The van der Waals surface area contributed by atoms with Gasteiger partial charge < -0.3 is 10.2 Å². The van der Waals surface area contributed by atoms with Crippen molar-refractivity contribution in [2.45, 2.75) is 33.1 Å². The molecule has 26 heavy (non-hydrogen) atoms. The van der Waals surface area contributed by atoms with Crippen LogP contribution in [0.4, 0.5) is 10.1 Å². The van der Waals surface area contributed by atoms with E-state index in [1.54, 1.807) is 23.1 Å². The Labute approximate surface area is 154 Å². The quantitative estimate of drug-likeness (QED) is 0.823. The van der Waals surface area contributed by atoms with Crippen LogP contribution < -0.4 is 10.2 Å². The molecule has 2 rings (SSSR count). The zero-order valence-electron chi connectivity index (χ0n) is 15.5. The maximum absolute atomic E-state index is 13.6. The summed E-state index contributed by atoms with van der Waals surface area (Å²) in [5.41, 5.74) is 2.30. The van der Waals surface area contributed by atoms with Crippen LogP contribution in [0.25, 0.3) is 0 Å². The highest BCUT2D eigenvalue weighted by Crippen LogP contribution is 2.27. The second kappa shape index (κ2) is 9.13. The van der Waals surface area contributed by atoms with Gasteiger partial charge in [-0.1, -0.05) is 50.2 Å². The fourth-order valence-corrected chi connectivity index (χ4v) is 2.85. The standard InChI is InChI=1S/C21H25FN2O2/c1-15(2)18-9-5-7-11-20(18)24(16(3)25)13-12-23-21(26)14-17-8-4-6-10-19(17)22/h4-11,15H,12-14H2,1-3H3,(H,23,26). The van der Waals surface area contributed by atoms with E-state index in [0.29, 0.717) is 18.7 Å². The Hall–Kier alpha value is -2.69. The number of rotatable bonds is 7. The lowest BCUT2D eigenvalue weighted by Gasteiger charge is -2.25. The lowest BCUT2D eigenvalue weighted by molar-refractivity contribution is -0.121. The second-order valence-corrected chi connectivity index (χ2v) is 6.50. The second-order valence-electron chi connectivity index (χ2n) is 6.50. The average Bonchev–Trinajstić information content (AvgIpc) is 2.60. The van der Waals surface area contributed by atoms with Gasteiger partial charge in [-0.2, -0.15) is 0 Å². The van der Waals surface area contributed by atoms with Crippen LogP contribution in [-0.4, -0.2) is 24.9 Å². The highest BCUT2D eigenvalue weighted by Gasteiger charge is 2.17. The van der Waals surface area contributed by atoms with E-state index in [9.17, 15) is 14.0 Å². The summed E-state index contributed by atoms with van der Waals surface area (Å²) in [6.07, 6.45) is -0.0185. The monoisotopic (exact) mass is 356 g/mol. The molecule has 0 saturated carbocycles. The van der Waals surface area contributed by atoms with Crippen molar-refractivity contribution < 1.29 is 14.0 Å². The number of carbonyl (C=O) groups excluding carboxylic acids is 2. The lowest BCUT2D eigenvalue weighted by atomic mass is 10.0. The fourth-order valence-electron chi connectivity index (χ4n) is 2.85. The van der Waals surface area contributed by atoms with Crippen LogP contribution in [0, 0.1) is 5.82 Å². The van der Waals surface area contributed by atoms with Gasteiger partial charge in [0.15, 0.2) is 0 Å². The number of nitrogens with zero attached hydrogens (tertiary/aromatic N) is 1. The summed E-state index contributed by atoms with van der Waals surface area (Å²) in [4.78, 5) is 25.8. The largest absolute Gasteiger partial charge is 0.354 e. The van der Waals surface area contributed by atoms with Gasteiger partial charge in [-0.15, -0.1) is 0 Å². The van der Waals surface area contributed by atoms with E-state index in [4.69, 9.17) is 0 Å². The Bertz CT molecular complexity index is 774. The summed E-state index contributed by atoms with van der Waals surface area (Å²) < 4.78 is 13.6. The SMILES string of the molecule is CC(=O)N(CCNC(=O)Cc1ccccc1F)c1ccccc1C(C)C. The van der Waals surface area contributed by atoms with E-state index in [1.807, 2.05) is 24.3 Å². The molecule has 0 spiro atoms. The van der Waals surface area contributed by atoms with Crippen molar-refractivity contribution in [1.82, 2.24) is 5.32 Å². The first kappa shape index (κ1) is 19.6. The molecule has 0 unspecified atom stereocenters. The Morgan fingerprint density at radius 3 is 2.38 bits per heavy atom. The van der Waals surface area contributed by atoms with Crippen molar-refractivity contribution >= 4 is 17.5 Å². The number of carbonyl (C=O) groups is 2. The summed E-state index contributed by atoms with van der Waals surface area (Å²) in [5, 5.41) is 2.76. The number of anilines is 1. The summed E-state index contributed by atoms with van der Waals surface area (Å²) in [5.74, 6) is -0.459. The smallest absolute Gasteiger partial charge is 0.224 e. The van der Waals surface area contributed by atoms with E-state index in [-0.39, 0.29) is 30.0 Å². The molecule has 0 aliphatic carbocycles. The van der Waals surface area contributed by atoms with Crippen LogP contribution in [0.2, 0.25) is 0 Å². The van der Waals surface area contributed by atoms with Crippen molar-refractivity contribution in [2.24, 2.45) is 0 Å². The topological polar surface area (TPSA) is 49.4 Å². The molecule has 5 heteroatoms. The van der Waals surface area contributed by atoms with Crippen LogP contribution in [0.5, 0.6) is 0 Å². The van der Waals surface area contributed by atoms with Crippen molar-refractivity contribution in [3.8, 4) is 0 Å². The molecule has 0 heterocycles. The molecular formula is C21H25FN2O2. The van der Waals surface area contributed by atoms with Crippen LogP contribution in [0.15, 0.2) is 48.5 Å². The first-order chi connectivity index (χ1) is 12.4. The summed E-state index contributed by atoms with van der Waals surface area (Å²) in [7, 11) is 0. The number of hydrogen-bond acceptors (Lipinski definition) is 2. The van der Waals surface area contributed by atoms with E-state index in [0.717, 1.165) is 11.3 Å². The minimum Gasteiger partial charge on any atom is -0.354 e. The molecule has 2 aromatic rings. The first-order valence-corrected chi connectivity index (χ1v) is 8.77. The Morgan fingerprint density at radius 2 is 1.73 bits per heavy atom. The lowest BCUT2D eigenvalue weighted by Crippen LogP contribution is -2.38. The van der Waals surface area contributed by atoms with Crippen molar-refractivity contribution in [2.75, 3.05) is 18.0 Å². The van der Waals surface area contributed by atoms with Gasteiger partial charge in [0.25, 0.3) is 0 Å². The maximum atomic E-state index is 13.6. The summed E-state index contributed by atoms with van der Waals surface area (Å²) in [6, 6.07) is 14.0. The van der Waals surface area contributed by atoms with Gasteiger partial charge in [-0.25, -0.2) is 4.39 Å². The number of para-hydroxylation sites is 1. The number of halogens is 1. The third-order valence-corrected chi connectivity index (χ3v) is 4.20. The van der Waals surface area contributed by atoms with Gasteiger partial charge in [0.1, 0.15) is 5.82 Å². The Morgan fingerprint density at radius 1 is 1.08 bits per heavy atom. The van der Waals surface area contributed by atoms with Crippen molar-refractivity contribution in [3.05, 3.63) is 65.5 Å². The highest BCUT2D eigenvalue weighted by molar-refractivity contribution is 5.92. The molecule has 0 fully saturated rings. The Balaban J connectivity index is 1.99. The molecule has 0 radical (unpaired) electrons. The molecule has 0 bridgehead atoms. The first-order valence-electron chi connectivity index (χ1n) is 8.77. The molecule has 4 nitrogen and oxygen atoms in total. The number of hydrogen-bond donors (Lipinski definition) is 1. The number of amides is 2. The fraction of sp³-hybridized carbons (Fsp3) is 0.333. The molecular weight excluding hydrogens is 331 g/mol. The average molecular weight is 356 g/mol. The van der Waals surface area contributed by atoms with Gasteiger partial charge in [0.05, 0.1) is 6.42 Å².